The van der Waals surface area contributed by atoms with Gasteiger partial charge >= 0.3 is 18.9 Å². The van der Waals surface area contributed by atoms with Crippen LogP contribution in [0.3, 0.4) is 0 Å². The Hall–Kier alpha value is 0.530. The topological polar surface area (TPSA) is 49.7 Å². The van der Waals surface area contributed by atoms with Crippen molar-refractivity contribution in [1.82, 2.24) is 0 Å². The van der Waals surface area contributed by atoms with Gasteiger partial charge in [-0.1, -0.05) is 0 Å². The third-order valence-electron chi connectivity index (χ3n) is 0. The summed E-state index contributed by atoms with van der Waals surface area (Å²) in [6.07, 6.45) is 0. The molecule has 0 saturated carbocycles. The second-order valence-corrected chi connectivity index (χ2v) is 0.0816. The summed E-state index contributed by atoms with van der Waals surface area (Å²) in [5, 5.41) is 7.89. The first kappa shape index (κ1) is 17.7. The van der Waals surface area contributed by atoms with Crippen LogP contribution in [0.5, 0.6) is 0 Å². The van der Waals surface area contributed by atoms with Crippen molar-refractivity contribution < 1.29 is 5.21 Å². The Morgan fingerprint density at radius 1 is 1.60 bits per heavy atom. The maximum atomic E-state index is 8.11. The Morgan fingerprint density at radius 3 is 1.60 bits per heavy atom. The minimum atomic E-state index is 0. The standard InChI is InChI=1S/Al.Li.HNO2.4H/c;;2-1-3;;;;/h;;(H,2,3);;;;. The van der Waals surface area contributed by atoms with E-state index in [1.807, 2.05) is 0 Å². The summed E-state index contributed by atoms with van der Waals surface area (Å²) >= 11 is 0. The van der Waals surface area contributed by atoms with E-state index in [4.69, 9.17) is 10.1 Å². The van der Waals surface area contributed by atoms with Gasteiger partial charge in [-0.25, -0.2) is 0 Å². The van der Waals surface area contributed by atoms with Crippen molar-refractivity contribution in [2.45, 2.75) is 0 Å². The maximum absolute atomic E-state index is 8.11. The van der Waals surface area contributed by atoms with E-state index >= 15 is 0 Å². The van der Waals surface area contributed by atoms with E-state index in [9.17, 15) is 0 Å². The molecule has 5 heteroatoms. The van der Waals surface area contributed by atoms with Crippen molar-refractivity contribution in [3.63, 3.8) is 0 Å². The molecule has 0 aliphatic rings. The molecule has 0 aromatic carbocycles. The summed E-state index contributed by atoms with van der Waals surface area (Å²) in [7, 11) is 0. The van der Waals surface area contributed by atoms with Crippen LogP contribution in [0.25, 0.3) is 0 Å². The number of rotatable bonds is 0. The summed E-state index contributed by atoms with van der Waals surface area (Å²) in [4.78, 5) is 8.11. The Kier molecular flexibility index (Phi) is 85.5. The molecule has 26 valence electrons. The quantitative estimate of drug-likeness (QED) is 0.217. The van der Waals surface area contributed by atoms with Gasteiger partial charge in [0, 0.05) is 0 Å². The van der Waals surface area contributed by atoms with E-state index in [2.05, 4.69) is 0 Å². The summed E-state index contributed by atoms with van der Waals surface area (Å²) in [5.41, 5.74) is 0. The molecule has 0 spiro atoms. The van der Waals surface area contributed by atoms with Crippen LogP contribution in [-0.4, -0.2) is 41.4 Å². The molecule has 0 aliphatic carbocycles. The fourth-order valence-electron chi connectivity index (χ4n) is 0. The van der Waals surface area contributed by atoms with Crippen LogP contribution in [0.4, 0.5) is 0 Å². The van der Waals surface area contributed by atoms with Crippen LogP contribution < -0.4 is 0 Å². The number of nitrogens with zero attached hydrogens (tertiary/aromatic N) is 1. The molecule has 0 rings (SSSR count). The van der Waals surface area contributed by atoms with Gasteiger partial charge in [-0.15, -0.1) is 4.91 Å². The van der Waals surface area contributed by atoms with Crippen molar-refractivity contribution in [2.24, 2.45) is 5.34 Å². The van der Waals surface area contributed by atoms with Gasteiger partial charge in [0.05, 0.1) is 0 Å². The number of hydrogen-bond acceptors (Lipinski definition) is 2. The minimum absolute atomic E-state index is 0. The van der Waals surface area contributed by atoms with E-state index in [0.717, 1.165) is 0 Å². The predicted octanol–water partition coefficient (Wildman–Crippen LogP) is -1.69. The van der Waals surface area contributed by atoms with Crippen LogP contribution >= 0.6 is 0 Å². The molecule has 5 heavy (non-hydrogen) atoms. The molecule has 0 atom stereocenters. The van der Waals surface area contributed by atoms with Crippen LogP contribution in [0, 0.1) is 4.91 Å². The zero-order chi connectivity index (χ0) is 2.71. The molecule has 1 N–H and O–H groups in total. The SMILES string of the molecule is O=NO.[AlH3].[LiH]. The zero-order valence-electron chi connectivity index (χ0n) is 1.30. The molecule has 0 amide bonds. The van der Waals surface area contributed by atoms with Gasteiger partial charge in [-0.05, 0) is 0 Å². The van der Waals surface area contributed by atoms with Gasteiger partial charge in [0.15, 0.2) is 22.7 Å². The second kappa shape index (κ2) is 24.1. The van der Waals surface area contributed by atoms with Gasteiger partial charge < -0.3 is 5.21 Å². The number of hydrogen-bond donors (Lipinski definition) is 1. The van der Waals surface area contributed by atoms with E-state index in [0.29, 0.717) is 0 Å². The van der Waals surface area contributed by atoms with Crippen LogP contribution in [-0.2, 0) is 0 Å². The first-order valence-corrected chi connectivity index (χ1v) is 0.383. The van der Waals surface area contributed by atoms with E-state index in [-0.39, 0.29) is 36.2 Å². The van der Waals surface area contributed by atoms with Gasteiger partial charge in [0.1, 0.15) is 0 Å². The van der Waals surface area contributed by atoms with Gasteiger partial charge in [0.2, 0.25) is 0 Å². The van der Waals surface area contributed by atoms with Crippen molar-refractivity contribution >= 4 is 36.2 Å². The van der Waals surface area contributed by atoms with Crippen molar-refractivity contribution in [3.8, 4) is 0 Å². The molecule has 0 aromatic rings. The molecule has 0 unspecified atom stereocenters. The van der Waals surface area contributed by atoms with Gasteiger partial charge in [-0.3, -0.25) is 0 Å². The molecule has 0 bridgehead atoms. The predicted molar refractivity (Wildman–Crippen MR) is 24.7 cm³/mol. The fraction of sp³-hybridized carbons (Fsp3) is 0. The molecule has 0 aliphatic heterocycles. The van der Waals surface area contributed by atoms with Crippen molar-refractivity contribution in [1.29, 1.82) is 0 Å². The molecular formula is H5AlLiNO2. The third-order valence-corrected chi connectivity index (χ3v) is 0. The molecule has 0 aromatic heterocycles. The summed E-state index contributed by atoms with van der Waals surface area (Å²) in [6.45, 7) is 0. The molecule has 0 radical (unpaired) electrons. The monoisotopic (exact) mass is 85.0 g/mol. The molecule has 0 fully saturated rings. The van der Waals surface area contributed by atoms with Crippen molar-refractivity contribution in [2.75, 3.05) is 0 Å². The summed E-state index contributed by atoms with van der Waals surface area (Å²) in [5.74, 6) is 0. The van der Waals surface area contributed by atoms with Crippen LogP contribution in [0.2, 0.25) is 0 Å². The van der Waals surface area contributed by atoms with Crippen LogP contribution in [0.15, 0.2) is 5.34 Å². The molecule has 3 nitrogen and oxygen atoms in total. The first-order chi connectivity index (χ1) is 1.41. The Morgan fingerprint density at radius 2 is 1.60 bits per heavy atom. The average Bonchev–Trinajstić information content (AvgIpc) is 0.918. The Balaban J connectivity index is -0.0000000200. The average molecular weight is 85.0 g/mol. The van der Waals surface area contributed by atoms with E-state index < -0.39 is 0 Å². The summed E-state index contributed by atoms with van der Waals surface area (Å²) < 4.78 is 0. The molecule has 0 saturated heterocycles. The normalized spacial score (nSPS) is 2.40. The molecule has 0 heterocycles. The Labute approximate surface area is 52.0 Å². The van der Waals surface area contributed by atoms with Gasteiger partial charge in [-0.2, -0.15) is 0 Å². The third kappa shape index (κ3) is 103. The second-order valence-electron chi connectivity index (χ2n) is 0.0816. The zero-order valence-corrected chi connectivity index (χ0v) is 1.30. The van der Waals surface area contributed by atoms with Crippen LogP contribution in [0.1, 0.15) is 0 Å². The molecular weight excluding hydrogens is 79.9 g/mol. The van der Waals surface area contributed by atoms with Gasteiger partial charge in [0.25, 0.3) is 0 Å². The summed E-state index contributed by atoms with van der Waals surface area (Å²) in [6, 6.07) is 0. The van der Waals surface area contributed by atoms with E-state index in [1.54, 1.807) is 0 Å². The van der Waals surface area contributed by atoms with E-state index in [1.165, 1.54) is 5.34 Å². The Bertz CT molecular complexity index is 17.1. The first-order valence-electron chi connectivity index (χ1n) is 0.383. The van der Waals surface area contributed by atoms with Crippen molar-refractivity contribution in [3.05, 3.63) is 4.91 Å². The fourth-order valence-corrected chi connectivity index (χ4v) is 0.